The maximum absolute atomic E-state index is 14.2. The standard InChI is InChI=1S/C27H22N2O2S3/c1-16-13-14-19-21(15-16)29(27(2,3)23-22(19)26(32)34-33-23)25(31)18-11-7-8-12-20(18)28-24(30)17-9-5-4-6-10-17/h4-15H,1-3H3,(H,28,30). The lowest BCUT2D eigenvalue weighted by atomic mass is 9.86. The van der Waals surface area contributed by atoms with Crippen molar-refractivity contribution in [3.05, 3.63) is 98.2 Å². The van der Waals surface area contributed by atoms with Crippen LogP contribution in [0.2, 0.25) is 0 Å². The van der Waals surface area contributed by atoms with E-state index >= 15 is 0 Å². The predicted molar refractivity (Wildman–Crippen MR) is 144 cm³/mol. The zero-order valence-corrected chi connectivity index (χ0v) is 21.4. The highest BCUT2D eigenvalue weighted by atomic mass is 32.9. The van der Waals surface area contributed by atoms with Crippen molar-refractivity contribution in [2.45, 2.75) is 26.3 Å². The summed E-state index contributed by atoms with van der Waals surface area (Å²) in [6, 6.07) is 22.3. The monoisotopic (exact) mass is 502 g/mol. The molecule has 0 spiro atoms. The molecule has 0 aliphatic carbocycles. The first-order valence-electron chi connectivity index (χ1n) is 10.8. The molecule has 0 saturated heterocycles. The largest absolute Gasteiger partial charge is 0.321 e. The number of fused-ring (bicyclic) bond motifs is 3. The van der Waals surface area contributed by atoms with Gasteiger partial charge in [0, 0.05) is 16.7 Å². The SMILES string of the molecule is Cc1ccc2c(c1)N(C(=O)c1ccccc1NC(=O)c1ccccc1)C(C)(C)c1ssc(=S)c1-2. The molecule has 1 N–H and O–H groups in total. The van der Waals surface area contributed by atoms with Gasteiger partial charge in [0.1, 0.15) is 3.82 Å². The van der Waals surface area contributed by atoms with Gasteiger partial charge in [0.15, 0.2) is 0 Å². The summed E-state index contributed by atoms with van der Waals surface area (Å²) in [6.45, 7) is 6.13. The lowest BCUT2D eigenvalue weighted by Crippen LogP contribution is -2.48. The van der Waals surface area contributed by atoms with Crippen molar-refractivity contribution in [2.24, 2.45) is 0 Å². The van der Waals surface area contributed by atoms with Crippen LogP contribution in [0.15, 0.2) is 72.8 Å². The molecule has 1 aliphatic heterocycles. The van der Waals surface area contributed by atoms with E-state index in [1.54, 1.807) is 44.9 Å². The molecule has 2 amide bonds. The first kappa shape index (κ1) is 22.7. The van der Waals surface area contributed by atoms with E-state index in [9.17, 15) is 9.59 Å². The topological polar surface area (TPSA) is 49.4 Å². The van der Waals surface area contributed by atoms with Crippen molar-refractivity contribution in [3.8, 4) is 11.1 Å². The van der Waals surface area contributed by atoms with Crippen LogP contribution in [0.25, 0.3) is 11.1 Å². The van der Waals surface area contributed by atoms with E-state index in [0.717, 1.165) is 31.1 Å². The number of benzene rings is 3. The highest BCUT2D eigenvalue weighted by Gasteiger charge is 2.43. The number of para-hydroxylation sites is 1. The molecule has 4 aromatic rings. The molecule has 34 heavy (non-hydrogen) atoms. The number of anilines is 2. The summed E-state index contributed by atoms with van der Waals surface area (Å²) < 4.78 is 0.848. The van der Waals surface area contributed by atoms with Crippen molar-refractivity contribution in [1.29, 1.82) is 0 Å². The van der Waals surface area contributed by atoms with Gasteiger partial charge < -0.3 is 5.32 Å². The van der Waals surface area contributed by atoms with Crippen LogP contribution in [0.3, 0.4) is 0 Å². The normalized spacial score (nSPS) is 13.7. The second kappa shape index (κ2) is 8.58. The molecule has 5 rings (SSSR count). The maximum atomic E-state index is 14.2. The Morgan fingerprint density at radius 1 is 0.941 bits per heavy atom. The van der Waals surface area contributed by atoms with Gasteiger partial charge in [-0.25, -0.2) is 0 Å². The fraction of sp³-hybridized carbons (Fsp3) is 0.148. The number of hydrogen-bond donors (Lipinski definition) is 1. The Morgan fingerprint density at radius 2 is 1.65 bits per heavy atom. The van der Waals surface area contributed by atoms with Crippen molar-refractivity contribution >= 4 is 56.1 Å². The third kappa shape index (κ3) is 3.70. The van der Waals surface area contributed by atoms with E-state index < -0.39 is 5.54 Å². The van der Waals surface area contributed by atoms with Gasteiger partial charge in [-0.3, -0.25) is 14.5 Å². The van der Waals surface area contributed by atoms with E-state index in [1.165, 1.54) is 0 Å². The van der Waals surface area contributed by atoms with E-state index in [-0.39, 0.29) is 11.8 Å². The molecule has 0 radical (unpaired) electrons. The molecule has 0 bridgehead atoms. The van der Waals surface area contributed by atoms with E-state index in [4.69, 9.17) is 12.2 Å². The number of carbonyl (C=O) groups is 2. The third-order valence-electron chi connectivity index (χ3n) is 6.05. The summed E-state index contributed by atoms with van der Waals surface area (Å²) in [5, 5.41) is 2.93. The molecule has 3 aromatic carbocycles. The van der Waals surface area contributed by atoms with Gasteiger partial charge >= 0.3 is 0 Å². The van der Waals surface area contributed by atoms with Crippen molar-refractivity contribution in [2.75, 3.05) is 10.2 Å². The van der Waals surface area contributed by atoms with E-state index in [1.807, 2.05) is 48.2 Å². The summed E-state index contributed by atoms with van der Waals surface area (Å²) >= 11 is 5.67. The average Bonchev–Trinajstić information content (AvgIpc) is 3.22. The zero-order valence-electron chi connectivity index (χ0n) is 18.9. The van der Waals surface area contributed by atoms with Crippen molar-refractivity contribution in [1.82, 2.24) is 0 Å². The number of rotatable bonds is 3. The molecule has 1 aromatic heterocycles. The van der Waals surface area contributed by atoms with Gasteiger partial charge in [-0.15, -0.1) is 0 Å². The number of hydrogen-bond acceptors (Lipinski definition) is 5. The molecule has 0 fully saturated rings. The Morgan fingerprint density at radius 3 is 2.41 bits per heavy atom. The minimum atomic E-state index is -0.609. The summed E-state index contributed by atoms with van der Waals surface area (Å²) in [5.41, 5.74) is 4.77. The molecule has 4 nitrogen and oxygen atoms in total. The van der Waals surface area contributed by atoms with Crippen LogP contribution in [0.4, 0.5) is 11.4 Å². The Labute approximate surface area is 210 Å². The van der Waals surface area contributed by atoms with Crippen LogP contribution in [0, 0.1) is 10.7 Å². The van der Waals surface area contributed by atoms with Crippen molar-refractivity contribution < 1.29 is 9.59 Å². The molecular weight excluding hydrogens is 481 g/mol. The maximum Gasteiger partial charge on any atom is 0.261 e. The van der Waals surface area contributed by atoms with Crippen LogP contribution in [-0.4, -0.2) is 11.8 Å². The number of amides is 2. The smallest absolute Gasteiger partial charge is 0.261 e. The number of nitrogens with zero attached hydrogens (tertiary/aromatic N) is 1. The van der Waals surface area contributed by atoms with Gasteiger partial charge in [-0.1, -0.05) is 75.4 Å². The fourth-order valence-electron chi connectivity index (χ4n) is 4.38. The predicted octanol–water partition coefficient (Wildman–Crippen LogP) is 7.66. The Balaban J connectivity index is 1.62. The summed E-state index contributed by atoms with van der Waals surface area (Å²) in [4.78, 5) is 30.0. The number of nitrogens with one attached hydrogen (secondary N) is 1. The van der Waals surface area contributed by atoms with E-state index in [2.05, 4.69) is 31.3 Å². The number of aryl methyl sites for hydroxylation is 1. The minimum absolute atomic E-state index is 0.171. The first-order valence-corrected chi connectivity index (χ1v) is 13.4. The average molecular weight is 503 g/mol. The Hall–Kier alpha value is -3.13. The molecule has 1 aliphatic rings. The summed E-state index contributed by atoms with van der Waals surface area (Å²) in [6.07, 6.45) is 0. The molecule has 0 atom stereocenters. The molecule has 2 heterocycles. The van der Waals surface area contributed by atoms with Crippen molar-refractivity contribution in [3.63, 3.8) is 0 Å². The lowest BCUT2D eigenvalue weighted by Gasteiger charge is -2.43. The molecule has 0 saturated carbocycles. The highest BCUT2D eigenvalue weighted by Crippen LogP contribution is 2.52. The summed E-state index contributed by atoms with van der Waals surface area (Å²) in [7, 11) is 3.20. The Kier molecular flexibility index (Phi) is 5.72. The highest BCUT2D eigenvalue weighted by molar-refractivity contribution is 7.80. The van der Waals surface area contributed by atoms with Gasteiger partial charge in [0.2, 0.25) is 0 Å². The van der Waals surface area contributed by atoms with Crippen LogP contribution in [-0.2, 0) is 5.54 Å². The van der Waals surface area contributed by atoms with Gasteiger partial charge in [-0.05, 0) is 56.7 Å². The second-order valence-electron chi connectivity index (χ2n) is 8.74. The van der Waals surface area contributed by atoms with Crippen LogP contribution in [0.5, 0.6) is 0 Å². The van der Waals surface area contributed by atoms with Crippen LogP contribution < -0.4 is 10.2 Å². The molecule has 0 unspecified atom stereocenters. The summed E-state index contributed by atoms with van der Waals surface area (Å²) in [5.74, 6) is -0.427. The third-order valence-corrected chi connectivity index (χ3v) is 9.38. The van der Waals surface area contributed by atoms with E-state index in [0.29, 0.717) is 16.8 Å². The van der Waals surface area contributed by atoms with Gasteiger partial charge in [0.25, 0.3) is 11.8 Å². The van der Waals surface area contributed by atoms with Crippen LogP contribution >= 0.6 is 32.9 Å². The van der Waals surface area contributed by atoms with Gasteiger partial charge in [-0.2, -0.15) is 0 Å². The quantitative estimate of drug-likeness (QED) is 0.231. The van der Waals surface area contributed by atoms with Gasteiger partial charge in [0.05, 0.1) is 27.4 Å². The second-order valence-corrected chi connectivity index (χ2v) is 11.6. The molecule has 7 heteroatoms. The van der Waals surface area contributed by atoms with Crippen LogP contribution in [0.1, 0.15) is 45.0 Å². The Bertz CT molecular complexity index is 1490. The minimum Gasteiger partial charge on any atom is -0.321 e. The molecule has 170 valence electrons. The zero-order chi connectivity index (χ0) is 24.0. The first-order chi connectivity index (χ1) is 16.3. The lowest BCUT2D eigenvalue weighted by molar-refractivity contribution is 0.0962. The number of carbonyl (C=O) groups excluding carboxylic acids is 2. The fourth-order valence-corrected chi connectivity index (χ4v) is 7.66. The molecular formula is C27H22N2O2S3.